The van der Waals surface area contributed by atoms with Crippen molar-refractivity contribution in [2.45, 2.75) is 43.9 Å². The van der Waals surface area contributed by atoms with Crippen LogP contribution in [0.4, 0.5) is 26.3 Å². The van der Waals surface area contributed by atoms with Crippen LogP contribution < -0.4 is 4.74 Å². The van der Waals surface area contributed by atoms with Gasteiger partial charge in [0.25, 0.3) is 5.91 Å². The summed E-state index contributed by atoms with van der Waals surface area (Å²) in [5.74, 6) is -0.799. The van der Waals surface area contributed by atoms with Crippen molar-refractivity contribution in [3.8, 4) is 5.75 Å². The van der Waals surface area contributed by atoms with Gasteiger partial charge >= 0.3 is 12.5 Å². The second kappa shape index (κ2) is 8.15. The van der Waals surface area contributed by atoms with Crippen molar-refractivity contribution in [1.82, 2.24) is 9.91 Å². The third-order valence-corrected chi connectivity index (χ3v) is 5.82. The summed E-state index contributed by atoms with van der Waals surface area (Å²) in [4.78, 5) is 14.5. The Morgan fingerprint density at radius 3 is 2.48 bits per heavy atom. The molecule has 4 rings (SSSR count). The smallest absolute Gasteiger partial charge is 0.406 e. The van der Waals surface area contributed by atoms with Gasteiger partial charge in [0.2, 0.25) is 0 Å². The number of hydrogen-bond acceptors (Lipinski definition) is 5. The SMILES string of the molecule is CC12CC=C(c3ccc(OC(F)(F)F)cc3)C=C1C(=O)N([C@H]1CCN(CC(F)(F)F)C1)N=N2. The van der Waals surface area contributed by atoms with Crippen molar-refractivity contribution in [2.75, 3.05) is 19.6 Å². The molecule has 0 aromatic heterocycles. The summed E-state index contributed by atoms with van der Waals surface area (Å²) in [6, 6.07) is 4.73. The number of alkyl halides is 6. The number of nitrogens with zero attached hydrogens (tertiary/aromatic N) is 4. The maximum Gasteiger partial charge on any atom is 0.573 e. The number of amides is 1. The van der Waals surface area contributed by atoms with E-state index in [1.165, 1.54) is 29.2 Å². The van der Waals surface area contributed by atoms with Crippen molar-refractivity contribution in [1.29, 1.82) is 0 Å². The highest BCUT2D eigenvalue weighted by atomic mass is 19.4. The number of likely N-dealkylation sites (tertiary alicyclic amines) is 1. The van der Waals surface area contributed by atoms with Crippen LogP contribution in [0.15, 0.2) is 52.3 Å². The molecule has 0 N–H and O–H groups in total. The summed E-state index contributed by atoms with van der Waals surface area (Å²) >= 11 is 0. The van der Waals surface area contributed by atoms with Crippen LogP contribution in [-0.2, 0) is 4.79 Å². The van der Waals surface area contributed by atoms with Crippen LogP contribution in [0.1, 0.15) is 25.3 Å². The Hall–Kier alpha value is -2.89. The number of fused-ring (bicyclic) bond motifs is 1. The predicted molar refractivity (Wildman–Crippen MR) is 105 cm³/mol. The molecular formula is C21H20F6N4O2. The Morgan fingerprint density at radius 1 is 1.15 bits per heavy atom. The Bertz CT molecular complexity index is 1020. The molecule has 2 aliphatic heterocycles. The number of benzene rings is 1. The highest BCUT2D eigenvalue weighted by Crippen LogP contribution is 2.40. The summed E-state index contributed by atoms with van der Waals surface area (Å²) in [6.07, 6.45) is -5.02. The van der Waals surface area contributed by atoms with Gasteiger partial charge in [0.1, 0.15) is 11.3 Å². The van der Waals surface area contributed by atoms with E-state index in [1.807, 2.05) is 6.08 Å². The summed E-state index contributed by atoms with van der Waals surface area (Å²) < 4.78 is 79.1. The molecule has 1 aromatic carbocycles. The average molecular weight is 474 g/mol. The van der Waals surface area contributed by atoms with Gasteiger partial charge < -0.3 is 4.74 Å². The predicted octanol–water partition coefficient (Wildman–Crippen LogP) is 4.90. The number of hydrogen-bond donors (Lipinski definition) is 0. The maximum absolute atomic E-state index is 13.2. The molecule has 1 aromatic rings. The Labute approximate surface area is 185 Å². The van der Waals surface area contributed by atoms with Gasteiger partial charge in [0.05, 0.1) is 12.6 Å². The molecule has 3 aliphatic rings. The Balaban J connectivity index is 1.52. The third-order valence-electron chi connectivity index (χ3n) is 5.82. The quantitative estimate of drug-likeness (QED) is 0.584. The molecule has 2 heterocycles. The highest BCUT2D eigenvalue weighted by Gasteiger charge is 2.45. The van der Waals surface area contributed by atoms with E-state index in [-0.39, 0.29) is 18.8 Å². The molecule has 1 amide bonds. The highest BCUT2D eigenvalue weighted by molar-refractivity contribution is 6.00. The minimum Gasteiger partial charge on any atom is -0.406 e. The van der Waals surface area contributed by atoms with Crippen LogP contribution in [-0.4, -0.2) is 59.6 Å². The fourth-order valence-electron chi connectivity index (χ4n) is 4.18. The number of carbonyl (C=O) groups excluding carboxylic acids is 1. The second-order valence-electron chi connectivity index (χ2n) is 8.40. The monoisotopic (exact) mass is 474 g/mol. The largest absolute Gasteiger partial charge is 0.573 e. The number of rotatable bonds is 4. The third kappa shape index (κ3) is 5.21. The van der Waals surface area contributed by atoms with E-state index in [4.69, 9.17) is 0 Å². The zero-order valence-electron chi connectivity index (χ0n) is 17.5. The normalized spacial score (nSPS) is 26.2. The van der Waals surface area contributed by atoms with Crippen LogP contribution in [0.25, 0.3) is 5.57 Å². The van der Waals surface area contributed by atoms with Crippen LogP contribution in [0.5, 0.6) is 5.75 Å². The van der Waals surface area contributed by atoms with Crippen LogP contribution in [0.2, 0.25) is 0 Å². The topological polar surface area (TPSA) is 57.5 Å². The number of allylic oxidation sites excluding steroid dienone is 2. The molecule has 2 atom stereocenters. The molecule has 0 bridgehead atoms. The summed E-state index contributed by atoms with van der Waals surface area (Å²) in [6.45, 7) is 0.911. The molecule has 6 nitrogen and oxygen atoms in total. The molecule has 0 saturated carbocycles. The van der Waals surface area contributed by atoms with E-state index in [1.54, 1.807) is 13.0 Å². The molecule has 1 saturated heterocycles. The molecule has 1 unspecified atom stereocenters. The van der Waals surface area contributed by atoms with Crippen molar-refractivity contribution in [3.63, 3.8) is 0 Å². The summed E-state index contributed by atoms with van der Waals surface area (Å²) in [5, 5.41) is 9.45. The fourth-order valence-corrected chi connectivity index (χ4v) is 4.18. The summed E-state index contributed by atoms with van der Waals surface area (Å²) in [7, 11) is 0. The first-order chi connectivity index (χ1) is 15.3. The minimum absolute atomic E-state index is 0.0393. The first-order valence-corrected chi connectivity index (χ1v) is 10.2. The lowest BCUT2D eigenvalue weighted by molar-refractivity contribution is -0.274. The van der Waals surface area contributed by atoms with Crippen molar-refractivity contribution in [2.24, 2.45) is 10.3 Å². The first-order valence-electron chi connectivity index (χ1n) is 10.2. The van der Waals surface area contributed by atoms with E-state index < -0.39 is 36.6 Å². The van der Waals surface area contributed by atoms with E-state index in [0.29, 0.717) is 29.6 Å². The molecule has 1 fully saturated rings. The first kappa shape index (κ1) is 23.3. The Kier molecular flexibility index (Phi) is 5.75. The molecule has 0 radical (unpaired) electrons. The number of ether oxygens (including phenoxy) is 1. The molecule has 1 aliphatic carbocycles. The zero-order chi connectivity index (χ0) is 24.0. The number of carbonyl (C=O) groups is 1. The van der Waals surface area contributed by atoms with Crippen molar-refractivity contribution < 1.29 is 35.9 Å². The lowest BCUT2D eigenvalue weighted by Crippen LogP contribution is -2.47. The summed E-state index contributed by atoms with van der Waals surface area (Å²) in [5.41, 5.74) is 0.621. The molecule has 178 valence electrons. The zero-order valence-corrected chi connectivity index (χ0v) is 17.5. The fraction of sp³-hybridized carbons (Fsp3) is 0.476. The maximum atomic E-state index is 13.2. The van der Waals surface area contributed by atoms with Crippen molar-refractivity contribution >= 4 is 11.5 Å². The van der Waals surface area contributed by atoms with Gasteiger partial charge in [-0.05, 0) is 49.1 Å². The lowest BCUT2D eigenvalue weighted by Gasteiger charge is -2.37. The van der Waals surface area contributed by atoms with Gasteiger partial charge in [0.15, 0.2) is 0 Å². The lowest BCUT2D eigenvalue weighted by atomic mass is 9.80. The van der Waals surface area contributed by atoms with Crippen molar-refractivity contribution in [3.05, 3.63) is 47.6 Å². The average Bonchev–Trinajstić information content (AvgIpc) is 3.14. The van der Waals surface area contributed by atoms with E-state index >= 15 is 0 Å². The van der Waals surface area contributed by atoms with Gasteiger partial charge in [-0.25, -0.2) is 5.01 Å². The van der Waals surface area contributed by atoms with E-state index in [2.05, 4.69) is 15.1 Å². The van der Waals surface area contributed by atoms with Crippen LogP contribution in [0.3, 0.4) is 0 Å². The molecule has 12 heteroatoms. The Morgan fingerprint density at radius 2 is 1.85 bits per heavy atom. The van der Waals surface area contributed by atoms with Crippen LogP contribution in [0, 0.1) is 0 Å². The van der Waals surface area contributed by atoms with Gasteiger partial charge in [-0.15, -0.1) is 13.2 Å². The number of halogens is 6. The van der Waals surface area contributed by atoms with Gasteiger partial charge in [-0.3, -0.25) is 9.69 Å². The van der Waals surface area contributed by atoms with Gasteiger partial charge in [0, 0.05) is 18.7 Å². The van der Waals surface area contributed by atoms with Crippen LogP contribution >= 0.6 is 0 Å². The molecular weight excluding hydrogens is 454 g/mol. The second-order valence-corrected chi connectivity index (χ2v) is 8.40. The minimum atomic E-state index is -4.80. The van der Waals surface area contributed by atoms with Gasteiger partial charge in [-0.2, -0.15) is 18.3 Å². The van der Waals surface area contributed by atoms with E-state index in [0.717, 1.165) is 5.01 Å². The standard InChI is InChI=1S/C21H20F6N4O2/c1-19-8-6-14(13-2-4-16(5-3-13)33-21(25,26)27)10-17(19)18(32)31(29-28-19)15-7-9-30(11-15)12-20(22,23)24/h2-6,10,15H,7-9,11-12H2,1H3/t15-,19?/m0/s1. The van der Waals surface area contributed by atoms with E-state index in [9.17, 15) is 31.1 Å². The molecule has 0 spiro atoms. The van der Waals surface area contributed by atoms with Gasteiger partial charge in [-0.1, -0.05) is 23.4 Å². The molecule has 33 heavy (non-hydrogen) atoms.